The number of anilines is 1. The van der Waals surface area contributed by atoms with E-state index < -0.39 is 36.2 Å². The van der Waals surface area contributed by atoms with E-state index in [9.17, 15) is 32.3 Å². The van der Waals surface area contributed by atoms with E-state index in [0.29, 0.717) is 26.5 Å². The number of carbonyl (C=O) groups excluding carboxylic acids is 1. The van der Waals surface area contributed by atoms with E-state index in [0.717, 1.165) is 4.68 Å². The average molecular weight is 602 g/mol. The molecule has 0 bridgehead atoms. The Balaban J connectivity index is 1.44. The van der Waals surface area contributed by atoms with Crippen molar-refractivity contribution >= 4 is 23.2 Å². The summed E-state index contributed by atoms with van der Waals surface area (Å²) in [4.78, 5) is 30.3. The average Bonchev–Trinajstić information content (AvgIpc) is 3.55. The van der Waals surface area contributed by atoms with Crippen LogP contribution in [0.1, 0.15) is 16.2 Å². The number of hydrogen-bond acceptors (Lipinski definition) is 6. The third-order valence-corrected chi connectivity index (χ3v) is 6.34. The summed E-state index contributed by atoms with van der Waals surface area (Å²) in [6, 6.07) is 17.6. The van der Waals surface area contributed by atoms with Gasteiger partial charge in [-0.2, -0.15) is 13.2 Å². The van der Waals surface area contributed by atoms with Gasteiger partial charge in [0.05, 0.1) is 17.8 Å². The Bertz CT molecular complexity index is 1780. The second-order valence-corrected chi connectivity index (χ2v) is 9.46. The Kier molecular flexibility index (Phi) is 7.91. The van der Waals surface area contributed by atoms with Crippen molar-refractivity contribution in [1.82, 2.24) is 29.1 Å². The maximum absolute atomic E-state index is 13.2. The van der Waals surface area contributed by atoms with Gasteiger partial charge in [0.1, 0.15) is 18.7 Å². The van der Waals surface area contributed by atoms with Crippen molar-refractivity contribution in [2.45, 2.75) is 25.4 Å². The summed E-state index contributed by atoms with van der Waals surface area (Å²) in [5, 5.41) is 21.2. The smallest absolute Gasteiger partial charge is 0.382 e. The first-order valence-corrected chi connectivity index (χ1v) is 12.6. The van der Waals surface area contributed by atoms with Crippen LogP contribution in [0.2, 0.25) is 5.02 Å². The first kappa shape index (κ1) is 28.7. The summed E-state index contributed by atoms with van der Waals surface area (Å²) in [5.41, 5.74) is 0.287. The normalized spacial score (nSPS) is 12.3. The zero-order valence-electron chi connectivity index (χ0n) is 21.3. The number of para-hydroxylation sites is 1. The number of nitrogens with one attached hydrogen (secondary N) is 1. The quantitative estimate of drug-likeness (QED) is 0.256. The van der Waals surface area contributed by atoms with Crippen LogP contribution in [-0.4, -0.2) is 52.4 Å². The lowest BCUT2D eigenvalue weighted by Crippen LogP contribution is -2.37. The number of aliphatic hydroxyl groups is 1. The van der Waals surface area contributed by atoms with Crippen LogP contribution in [0.25, 0.3) is 17.1 Å². The topological polar surface area (TPSA) is 120 Å². The monoisotopic (exact) mass is 601 g/mol. The molecule has 5 aromatic rings. The minimum absolute atomic E-state index is 0.0644. The molecule has 1 amide bonds. The highest BCUT2D eigenvalue weighted by Gasteiger charge is 2.39. The lowest BCUT2D eigenvalue weighted by molar-refractivity contribution is -0.207. The summed E-state index contributed by atoms with van der Waals surface area (Å²) in [5.74, 6) is -1.01. The van der Waals surface area contributed by atoms with Gasteiger partial charge < -0.3 is 10.4 Å². The van der Waals surface area contributed by atoms with Gasteiger partial charge >= 0.3 is 11.9 Å². The van der Waals surface area contributed by atoms with Gasteiger partial charge in [0.25, 0.3) is 5.91 Å². The van der Waals surface area contributed by atoms with Gasteiger partial charge in [-0.05, 0) is 60.7 Å². The maximum atomic E-state index is 13.2. The van der Waals surface area contributed by atoms with Crippen LogP contribution in [0.4, 0.5) is 23.2 Å². The van der Waals surface area contributed by atoms with Gasteiger partial charge in [0.15, 0.2) is 17.8 Å². The Morgan fingerprint density at radius 1 is 1.00 bits per heavy atom. The molecule has 0 aliphatic rings. The summed E-state index contributed by atoms with van der Waals surface area (Å²) in [7, 11) is 0. The van der Waals surface area contributed by atoms with E-state index in [4.69, 9.17) is 11.6 Å². The zero-order valence-corrected chi connectivity index (χ0v) is 22.1. The molecule has 0 aliphatic carbocycles. The van der Waals surface area contributed by atoms with Crippen LogP contribution in [-0.2, 0) is 13.1 Å². The second-order valence-electron chi connectivity index (χ2n) is 9.02. The van der Waals surface area contributed by atoms with Crippen LogP contribution < -0.4 is 11.0 Å². The van der Waals surface area contributed by atoms with Crippen molar-refractivity contribution in [2.75, 3.05) is 5.32 Å². The number of aromatic nitrogens is 6. The van der Waals surface area contributed by atoms with E-state index in [1.54, 1.807) is 24.3 Å². The van der Waals surface area contributed by atoms with Crippen molar-refractivity contribution in [2.24, 2.45) is 0 Å². The Hall–Kier alpha value is -4.82. The molecule has 1 atom stereocenters. The Labute approximate surface area is 239 Å². The molecule has 42 heavy (non-hydrogen) atoms. The molecule has 0 saturated heterocycles. The van der Waals surface area contributed by atoms with Gasteiger partial charge in [-0.25, -0.2) is 23.5 Å². The fourth-order valence-corrected chi connectivity index (χ4v) is 4.14. The van der Waals surface area contributed by atoms with Gasteiger partial charge in [-0.15, -0.1) is 10.2 Å². The second kappa shape index (κ2) is 11.6. The molecular formula is C27H20ClF4N7O3. The van der Waals surface area contributed by atoms with E-state index in [1.807, 2.05) is 0 Å². The first-order valence-electron chi connectivity index (χ1n) is 12.2. The van der Waals surface area contributed by atoms with E-state index in [2.05, 4.69) is 20.5 Å². The predicted molar refractivity (Wildman–Crippen MR) is 144 cm³/mol. The van der Waals surface area contributed by atoms with Crippen molar-refractivity contribution < 1.29 is 27.5 Å². The maximum Gasteiger partial charge on any atom is 0.416 e. The molecule has 0 aliphatic heterocycles. The van der Waals surface area contributed by atoms with Gasteiger partial charge in [-0.3, -0.25) is 9.36 Å². The van der Waals surface area contributed by atoms with Crippen LogP contribution in [0.3, 0.4) is 0 Å². The Morgan fingerprint density at radius 3 is 2.38 bits per heavy atom. The number of aliphatic hydroxyl groups excluding tert-OH is 1. The van der Waals surface area contributed by atoms with Crippen molar-refractivity contribution in [1.29, 1.82) is 0 Å². The molecule has 0 spiro atoms. The standard InChI is InChI=1S/C27H20ClF4N7O3/c28-17-7-5-16(6-8-17)24-36-38(26(42)37(24)13-22(40)27(30,31)32)14-23-33-15-39(35-23)21-4-2-1-3-20(21)25(41)34-19-11-9-18(29)10-12-19/h1-12,15,22,40H,13-14H2,(H,34,41). The highest BCUT2D eigenvalue weighted by Crippen LogP contribution is 2.24. The molecule has 0 saturated carbocycles. The van der Waals surface area contributed by atoms with Crippen molar-refractivity contribution in [3.05, 3.63) is 112 Å². The lowest BCUT2D eigenvalue weighted by atomic mass is 10.1. The molecule has 2 heterocycles. The number of carbonyl (C=O) groups is 1. The number of rotatable bonds is 8. The minimum Gasteiger partial charge on any atom is -0.382 e. The summed E-state index contributed by atoms with van der Waals surface area (Å²) < 4.78 is 55.5. The first-order chi connectivity index (χ1) is 20.0. The third-order valence-electron chi connectivity index (χ3n) is 6.09. The summed E-state index contributed by atoms with van der Waals surface area (Å²) in [6.07, 6.45) is -6.47. The third kappa shape index (κ3) is 6.24. The highest BCUT2D eigenvalue weighted by molar-refractivity contribution is 6.30. The SMILES string of the molecule is O=C(Nc1ccc(F)cc1)c1ccccc1-n1cnc(Cn2nc(-c3ccc(Cl)cc3)n(CC(O)C(F)(F)F)c2=O)n1. The van der Waals surface area contributed by atoms with Crippen molar-refractivity contribution in [3.8, 4) is 17.1 Å². The molecule has 2 aromatic heterocycles. The number of hydrogen-bond donors (Lipinski definition) is 2. The highest BCUT2D eigenvalue weighted by atomic mass is 35.5. The predicted octanol–water partition coefficient (Wildman–Crippen LogP) is 4.31. The number of benzene rings is 3. The van der Waals surface area contributed by atoms with Crippen LogP contribution in [0, 0.1) is 5.82 Å². The lowest BCUT2D eigenvalue weighted by Gasteiger charge is -2.15. The molecule has 15 heteroatoms. The molecule has 10 nitrogen and oxygen atoms in total. The zero-order chi connectivity index (χ0) is 30.0. The molecule has 216 valence electrons. The van der Waals surface area contributed by atoms with Crippen LogP contribution >= 0.6 is 11.6 Å². The number of nitrogens with zero attached hydrogens (tertiary/aromatic N) is 6. The van der Waals surface area contributed by atoms with Crippen LogP contribution in [0.15, 0.2) is 83.9 Å². The number of halogens is 5. The summed E-state index contributed by atoms with van der Waals surface area (Å²) in [6.45, 7) is -1.41. The fourth-order valence-electron chi connectivity index (χ4n) is 4.01. The Morgan fingerprint density at radius 2 is 1.69 bits per heavy atom. The largest absolute Gasteiger partial charge is 0.416 e. The molecule has 5 rings (SSSR count). The number of amides is 1. The van der Waals surface area contributed by atoms with Crippen molar-refractivity contribution in [3.63, 3.8) is 0 Å². The van der Waals surface area contributed by atoms with E-state index >= 15 is 0 Å². The van der Waals surface area contributed by atoms with Gasteiger partial charge in [0, 0.05) is 16.3 Å². The van der Waals surface area contributed by atoms with Gasteiger partial charge in [-0.1, -0.05) is 23.7 Å². The molecule has 2 N–H and O–H groups in total. The molecule has 3 aromatic carbocycles. The molecular weight excluding hydrogens is 582 g/mol. The van der Waals surface area contributed by atoms with Crippen LogP contribution in [0.5, 0.6) is 0 Å². The molecule has 1 unspecified atom stereocenters. The molecule has 0 fully saturated rings. The van der Waals surface area contributed by atoms with E-state index in [-0.39, 0.29) is 23.8 Å². The summed E-state index contributed by atoms with van der Waals surface area (Å²) >= 11 is 5.92. The van der Waals surface area contributed by atoms with Gasteiger partial charge in [0.2, 0.25) is 0 Å². The number of alkyl halides is 3. The minimum atomic E-state index is -4.96. The molecule has 0 radical (unpaired) electrons. The van der Waals surface area contributed by atoms with E-state index in [1.165, 1.54) is 59.5 Å². The fraction of sp³-hybridized carbons (Fsp3) is 0.148.